The summed E-state index contributed by atoms with van der Waals surface area (Å²) < 4.78 is 0.863. The van der Waals surface area contributed by atoms with Crippen molar-refractivity contribution in [3.63, 3.8) is 0 Å². The molecule has 1 aliphatic heterocycles. The minimum Gasteiger partial charge on any atom is -0.368 e. The molecule has 2 aromatic carbocycles. The molecule has 3 aromatic rings. The van der Waals surface area contributed by atoms with Crippen molar-refractivity contribution in [1.82, 2.24) is 19.9 Å². The first-order valence-corrected chi connectivity index (χ1v) is 12.8. The second kappa shape index (κ2) is 11.3. The highest BCUT2D eigenvalue weighted by molar-refractivity contribution is 8.22. The Bertz CT molecular complexity index is 1110. The van der Waals surface area contributed by atoms with Crippen LogP contribution in [0.15, 0.2) is 48.5 Å². The maximum Gasteiger partial charge on any atom is 0.232 e. The lowest BCUT2D eigenvalue weighted by molar-refractivity contribution is 0.271. The third kappa shape index (κ3) is 6.93. The Morgan fingerprint density at radius 1 is 1.09 bits per heavy atom. The van der Waals surface area contributed by atoms with E-state index < -0.39 is 0 Å². The van der Waals surface area contributed by atoms with Gasteiger partial charge in [0.2, 0.25) is 11.9 Å². The molecule has 0 spiro atoms. The summed E-state index contributed by atoms with van der Waals surface area (Å²) in [6.45, 7) is 1.95. The van der Waals surface area contributed by atoms with E-state index in [4.69, 9.17) is 41.2 Å². The molecular weight excluding hydrogens is 495 g/mol. The first-order chi connectivity index (χ1) is 16.0. The molecule has 4 rings (SSSR count). The smallest absolute Gasteiger partial charge is 0.232 e. The lowest BCUT2D eigenvalue weighted by Crippen LogP contribution is -2.36. The third-order valence-electron chi connectivity index (χ3n) is 5.44. The maximum atomic E-state index is 6.23. The number of rotatable bonds is 6. The number of aromatic nitrogens is 3. The van der Waals surface area contributed by atoms with E-state index in [1.54, 1.807) is 30.0 Å². The minimum atomic E-state index is 0.140. The molecular formula is C23H24Cl2N6S2. The Morgan fingerprint density at radius 2 is 1.85 bits per heavy atom. The highest BCUT2D eigenvalue weighted by Crippen LogP contribution is 2.28. The van der Waals surface area contributed by atoms with Crippen LogP contribution in [0.2, 0.25) is 10.0 Å². The number of nitrogens with two attached hydrogens (primary N) is 1. The number of hydrogen-bond acceptors (Lipinski definition) is 7. The molecule has 10 heteroatoms. The first kappa shape index (κ1) is 24.0. The van der Waals surface area contributed by atoms with E-state index in [0.717, 1.165) is 36.7 Å². The number of anilines is 3. The van der Waals surface area contributed by atoms with E-state index >= 15 is 0 Å². The third-order valence-corrected chi connectivity index (χ3v) is 7.51. The number of nitrogen functional groups attached to an aromatic ring is 1. The van der Waals surface area contributed by atoms with Gasteiger partial charge in [-0.15, -0.1) is 0 Å². The summed E-state index contributed by atoms with van der Waals surface area (Å²) in [7, 11) is 0. The van der Waals surface area contributed by atoms with Gasteiger partial charge in [-0.05, 0) is 48.9 Å². The van der Waals surface area contributed by atoms with Crippen LogP contribution in [-0.4, -0.2) is 37.3 Å². The van der Waals surface area contributed by atoms with Crippen molar-refractivity contribution in [2.45, 2.75) is 25.0 Å². The second-order valence-electron chi connectivity index (χ2n) is 7.86. The molecule has 1 saturated heterocycles. The Kier molecular flexibility index (Phi) is 8.25. The zero-order valence-electron chi connectivity index (χ0n) is 17.9. The van der Waals surface area contributed by atoms with Crippen LogP contribution in [0, 0.1) is 5.92 Å². The molecule has 1 aromatic heterocycles. The van der Waals surface area contributed by atoms with Crippen molar-refractivity contribution in [1.29, 1.82) is 0 Å². The number of thiocarbonyl (C=S) groups is 1. The average molecular weight is 520 g/mol. The molecule has 0 amide bonds. The summed E-state index contributed by atoms with van der Waals surface area (Å²) in [6, 6.07) is 15.8. The van der Waals surface area contributed by atoms with Crippen molar-refractivity contribution in [2.24, 2.45) is 5.92 Å². The molecule has 0 atom stereocenters. The van der Waals surface area contributed by atoms with Crippen LogP contribution in [0.25, 0.3) is 0 Å². The normalized spacial score (nSPS) is 14.3. The molecule has 6 nitrogen and oxygen atoms in total. The highest BCUT2D eigenvalue weighted by atomic mass is 35.5. The van der Waals surface area contributed by atoms with Crippen LogP contribution in [0.1, 0.15) is 24.2 Å². The molecule has 0 radical (unpaired) electrons. The standard InChI is InChI=1S/C23H24Cl2N6S2/c24-17-6-7-19(18(25)13-17)27-22-29-20(28-21(26)30-22)14-33-23(32)31-10-8-16(9-11-31)12-15-4-2-1-3-5-15/h1-7,13,16H,8-12,14H2,(H3,26,27,28,29,30). The quantitative estimate of drug-likeness (QED) is 0.385. The summed E-state index contributed by atoms with van der Waals surface area (Å²) >= 11 is 19.4. The largest absolute Gasteiger partial charge is 0.368 e. The summed E-state index contributed by atoms with van der Waals surface area (Å²) in [4.78, 5) is 15.1. The van der Waals surface area contributed by atoms with Crippen LogP contribution >= 0.6 is 47.2 Å². The van der Waals surface area contributed by atoms with Gasteiger partial charge in [-0.2, -0.15) is 15.0 Å². The summed E-state index contributed by atoms with van der Waals surface area (Å²) in [5, 5.41) is 4.09. The van der Waals surface area contributed by atoms with Gasteiger partial charge in [0, 0.05) is 18.1 Å². The lowest BCUT2D eigenvalue weighted by Gasteiger charge is -2.33. The van der Waals surface area contributed by atoms with Crippen molar-refractivity contribution in [3.8, 4) is 0 Å². The number of benzene rings is 2. The number of nitrogens with zero attached hydrogens (tertiary/aromatic N) is 4. The Morgan fingerprint density at radius 3 is 2.58 bits per heavy atom. The maximum absolute atomic E-state index is 6.23. The Balaban J connectivity index is 1.29. The van der Waals surface area contributed by atoms with Gasteiger partial charge in [-0.3, -0.25) is 0 Å². The predicted octanol–water partition coefficient (Wildman–Crippen LogP) is 5.98. The van der Waals surface area contributed by atoms with Crippen LogP contribution in [0.5, 0.6) is 0 Å². The lowest BCUT2D eigenvalue weighted by atomic mass is 9.90. The molecule has 1 fully saturated rings. The molecule has 0 unspecified atom stereocenters. The molecule has 1 aliphatic rings. The van der Waals surface area contributed by atoms with Gasteiger partial charge < -0.3 is 16.0 Å². The van der Waals surface area contributed by atoms with Gasteiger partial charge >= 0.3 is 0 Å². The molecule has 0 aliphatic carbocycles. The zero-order chi connectivity index (χ0) is 23.2. The first-order valence-electron chi connectivity index (χ1n) is 10.6. The molecule has 0 saturated carbocycles. The fraction of sp³-hybridized carbons (Fsp3) is 0.304. The van der Waals surface area contributed by atoms with Crippen molar-refractivity contribution >= 4 is 69.1 Å². The molecule has 172 valence electrons. The highest BCUT2D eigenvalue weighted by Gasteiger charge is 2.21. The topological polar surface area (TPSA) is 80.0 Å². The molecule has 33 heavy (non-hydrogen) atoms. The van der Waals surface area contributed by atoms with Crippen molar-refractivity contribution in [3.05, 3.63) is 70.0 Å². The minimum absolute atomic E-state index is 0.140. The van der Waals surface area contributed by atoms with Gasteiger partial charge in [-0.1, -0.05) is 77.5 Å². The van der Waals surface area contributed by atoms with E-state index in [0.29, 0.717) is 39.2 Å². The van der Waals surface area contributed by atoms with Crippen LogP contribution in [0.4, 0.5) is 17.6 Å². The fourth-order valence-corrected chi connectivity index (χ4v) is 5.32. The van der Waals surface area contributed by atoms with Gasteiger partial charge in [0.15, 0.2) is 0 Å². The van der Waals surface area contributed by atoms with Crippen molar-refractivity contribution < 1.29 is 0 Å². The monoisotopic (exact) mass is 518 g/mol. The molecule has 2 heterocycles. The van der Waals surface area contributed by atoms with Crippen molar-refractivity contribution in [2.75, 3.05) is 24.1 Å². The Labute approximate surface area is 213 Å². The molecule has 3 N–H and O–H groups in total. The number of nitrogens with one attached hydrogen (secondary N) is 1. The van der Waals surface area contributed by atoms with Gasteiger partial charge in [-0.25, -0.2) is 0 Å². The number of thioether (sulfide) groups is 1. The van der Waals surface area contributed by atoms with E-state index in [2.05, 4.69) is 55.5 Å². The Hall–Kier alpha value is -2.13. The summed E-state index contributed by atoms with van der Waals surface area (Å²) in [5.74, 6) is 2.24. The summed E-state index contributed by atoms with van der Waals surface area (Å²) in [5.41, 5.74) is 7.94. The van der Waals surface area contributed by atoms with E-state index in [1.807, 2.05) is 0 Å². The number of likely N-dealkylation sites (tertiary alicyclic amines) is 1. The fourth-order valence-electron chi connectivity index (χ4n) is 3.75. The zero-order valence-corrected chi connectivity index (χ0v) is 21.0. The van der Waals surface area contributed by atoms with Gasteiger partial charge in [0.25, 0.3) is 0 Å². The average Bonchev–Trinajstić information content (AvgIpc) is 2.80. The van der Waals surface area contributed by atoms with Crippen LogP contribution in [-0.2, 0) is 12.2 Å². The SMILES string of the molecule is Nc1nc(CSC(=S)N2CCC(Cc3ccccc3)CC2)nc(Nc2ccc(Cl)cc2Cl)n1. The van der Waals surface area contributed by atoms with E-state index in [9.17, 15) is 0 Å². The number of hydrogen-bond donors (Lipinski definition) is 2. The summed E-state index contributed by atoms with van der Waals surface area (Å²) in [6.07, 6.45) is 3.42. The van der Waals surface area contributed by atoms with Gasteiger partial charge in [0.1, 0.15) is 10.1 Å². The van der Waals surface area contributed by atoms with Crippen LogP contribution < -0.4 is 11.1 Å². The second-order valence-corrected chi connectivity index (χ2v) is 10.3. The molecule has 0 bridgehead atoms. The van der Waals surface area contributed by atoms with Crippen LogP contribution in [0.3, 0.4) is 0 Å². The van der Waals surface area contributed by atoms with E-state index in [1.165, 1.54) is 5.56 Å². The predicted molar refractivity (Wildman–Crippen MR) is 142 cm³/mol. The van der Waals surface area contributed by atoms with Gasteiger partial charge in [0.05, 0.1) is 16.5 Å². The van der Waals surface area contributed by atoms with E-state index in [-0.39, 0.29) is 5.95 Å². The number of piperidine rings is 1. The number of halogens is 2.